The summed E-state index contributed by atoms with van der Waals surface area (Å²) in [6.07, 6.45) is 6.21. The van der Waals surface area contributed by atoms with E-state index in [0.717, 1.165) is 32.1 Å². The first-order valence-corrected chi connectivity index (χ1v) is 7.18. The second kappa shape index (κ2) is 8.15. The summed E-state index contributed by atoms with van der Waals surface area (Å²) in [7, 11) is 0. The van der Waals surface area contributed by atoms with Gasteiger partial charge >= 0.3 is 5.97 Å². The summed E-state index contributed by atoms with van der Waals surface area (Å²) in [5.41, 5.74) is -0.767. The Morgan fingerprint density at radius 2 is 1.95 bits per heavy atom. The molecule has 1 saturated carbocycles. The van der Waals surface area contributed by atoms with Crippen molar-refractivity contribution < 1.29 is 19.4 Å². The molecule has 0 bridgehead atoms. The fourth-order valence-electron chi connectivity index (χ4n) is 2.42. The van der Waals surface area contributed by atoms with Crippen molar-refractivity contribution in [2.45, 2.75) is 51.9 Å². The number of aliphatic carboxylic acids is 1. The zero-order chi connectivity index (χ0) is 14.1. The van der Waals surface area contributed by atoms with Crippen LogP contribution in [0.25, 0.3) is 0 Å². The maximum atomic E-state index is 11.6. The van der Waals surface area contributed by atoms with Gasteiger partial charge in [0.05, 0.1) is 5.41 Å². The van der Waals surface area contributed by atoms with Crippen LogP contribution in [0.2, 0.25) is 0 Å². The van der Waals surface area contributed by atoms with E-state index in [-0.39, 0.29) is 19.1 Å². The lowest BCUT2D eigenvalue weighted by molar-refractivity contribution is -0.151. The molecule has 0 aromatic rings. The second-order valence-corrected chi connectivity index (χ2v) is 5.33. The molecular formula is C14H25NO4. The predicted molar refractivity (Wildman–Crippen MR) is 71.9 cm³/mol. The molecule has 0 radical (unpaired) electrons. The van der Waals surface area contributed by atoms with Gasteiger partial charge in [-0.25, -0.2) is 0 Å². The highest BCUT2D eigenvalue weighted by molar-refractivity contribution is 5.79. The van der Waals surface area contributed by atoms with Crippen LogP contribution >= 0.6 is 0 Å². The summed E-state index contributed by atoms with van der Waals surface area (Å²) in [4.78, 5) is 23.0. The third-order valence-electron chi connectivity index (χ3n) is 3.76. The van der Waals surface area contributed by atoms with Crippen LogP contribution in [0.15, 0.2) is 0 Å². The topological polar surface area (TPSA) is 75.6 Å². The highest BCUT2D eigenvalue weighted by Gasteiger charge is 2.39. The number of carbonyl (C=O) groups is 2. The summed E-state index contributed by atoms with van der Waals surface area (Å²) in [6.45, 7) is 2.88. The molecule has 5 nitrogen and oxygen atoms in total. The molecule has 0 aliphatic heterocycles. The summed E-state index contributed by atoms with van der Waals surface area (Å²) in [5.74, 6) is -1.01. The lowest BCUT2D eigenvalue weighted by Gasteiger charge is -2.33. The highest BCUT2D eigenvalue weighted by atomic mass is 16.5. The third-order valence-corrected chi connectivity index (χ3v) is 3.76. The number of unbranched alkanes of at least 4 members (excludes halogenated alkanes) is 1. The molecule has 19 heavy (non-hydrogen) atoms. The van der Waals surface area contributed by atoms with Crippen LogP contribution in [-0.2, 0) is 14.3 Å². The number of carboxylic acids is 1. The van der Waals surface area contributed by atoms with E-state index in [9.17, 15) is 14.7 Å². The molecule has 1 aliphatic carbocycles. The van der Waals surface area contributed by atoms with Crippen LogP contribution in [-0.4, -0.2) is 36.7 Å². The van der Waals surface area contributed by atoms with Crippen molar-refractivity contribution in [3.63, 3.8) is 0 Å². The van der Waals surface area contributed by atoms with E-state index in [1.54, 1.807) is 0 Å². The van der Waals surface area contributed by atoms with Gasteiger partial charge in [-0.05, 0) is 19.3 Å². The molecular weight excluding hydrogens is 246 g/mol. The van der Waals surface area contributed by atoms with Crippen molar-refractivity contribution in [3.8, 4) is 0 Å². The molecule has 0 aromatic carbocycles. The van der Waals surface area contributed by atoms with Gasteiger partial charge in [0.2, 0.25) is 5.91 Å². The van der Waals surface area contributed by atoms with Crippen LogP contribution in [0.4, 0.5) is 0 Å². The summed E-state index contributed by atoms with van der Waals surface area (Å²) >= 11 is 0. The van der Waals surface area contributed by atoms with Crippen LogP contribution in [0.1, 0.15) is 51.9 Å². The standard InChI is InChI=1S/C14H25NO4/c1-2-3-9-19-10-12(16)15-11-14(13(17)18)7-5-4-6-8-14/h2-11H2,1H3,(H,15,16)(H,17,18). The highest BCUT2D eigenvalue weighted by Crippen LogP contribution is 2.35. The SMILES string of the molecule is CCCCOCC(=O)NCC1(C(=O)O)CCCCC1. The number of carbonyl (C=O) groups excluding carboxylic acids is 1. The molecule has 0 aromatic heterocycles. The first-order chi connectivity index (χ1) is 9.10. The van der Waals surface area contributed by atoms with Crippen LogP contribution < -0.4 is 5.32 Å². The van der Waals surface area contributed by atoms with Gasteiger partial charge in [0.15, 0.2) is 0 Å². The number of nitrogens with one attached hydrogen (secondary N) is 1. The minimum atomic E-state index is -0.792. The Labute approximate surface area is 114 Å². The van der Waals surface area contributed by atoms with Gasteiger partial charge in [-0.15, -0.1) is 0 Å². The fourth-order valence-corrected chi connectivity index (χ4v) is 2.42. The van der Waals surface area contributed by atoms with E-state index in [4.69, 9.17) is 4.74 Å². The van der Waals surface area contributed by atoms with Crippen molar-refractivity contribution in [1.82, 2.24) is 5.32 Å². The number of amides is 1. The molecule has 1 amide bonds. The second-order valence-electron chi connectivity index (χ2n) is 5.33. The van der Waals surface area contributed by atoms with E-state index in [0.29, 0.717) is 19.4 Å². The Morgan fingerprint density at radius 3 is 2.53 bits per heavy atom. The molecule has 1 aliphatic rings. The van der Waals surface area contributed by atoms with Crippen LogP contribution in [0.3, 0.4) is 0 Å². The molecule has 5 heteroatoms. The lowest BCUT2D eigenvalue weighted by Crippen LogP contribution is -2.45. The first-order valence-electron chi connectivity index (χ1n) is 7.18. The Bertz CT molecular complexity index is 298. The lowest BCUT2D eigenvalue weighted by atomic mass is 9.74. The normalized spacial score (nSPS) is 17.9. The molecule has 0 atom stereocenters. The van der Waals surface area contributed by atoms with Gasteiger partial charge in [-0.2, -0.15) is 0 Å². The van der Waals surface area contributed by atoms with Gasteiger partial charge in [0.1, 0.15) is 6.61 Å². The maximum absolute atomic E-state index is 11.6. The van der Waals surface area contributed by atoms with Gasteiger partial charge in [-0.1, -0.05) is 32.6 Å². The van der Waals surface area contributed by atoms with E-state index in [1.807, 2.05) is 0 Å². The quantitative estimate of drug-likeness (QED) is 0.662. The van der Waals surface area contributed by atoms with Gasteiger partial charge in [0.25, 0.3) is 0 Å². The average Bonchev–Trinajstić information content (AvgIpc) is 2.42. The molecule has 0 saturated heterocycles. The van der Waals surface area contributed by atoms with E-state index in [1.165, 1.54) is 0 Å². The van der Waals surface area contributed by atoms with Gasteiger partial charge < -0.3 is 15.2 Å². The molecule has 1 rings (SSSR count). The van der Waals surface area contributed by atoms with Gasteiger partial charge in [0, 0.05) is 13.2 Å². The minimum Gasteiger partial charge on any atom is -0.481 e. The number of hydrogen-bond acceptors (Lipinski definition) is 3. The zero-order valence-corrected chi connectivity index (χ0v) is 11.7. The van der Waals surface area contributed by atoms with Crippen molar-refractivity contribution >= 4 is 11.9 Å². The number of carboxylic acid groups (broad SMARTS) is 1. The number of ether oxygens (including phenoxy) is 1. The van der Waals surface area contributed by atoms with Crippen LogP contribution in [0, 0.1) is 5.41 Å². The molecule has 110 valence electrons. The van der Waals surface area contributed by atoms with Crippen molar-refractivity contribution in [2.24, 2.45) is 5.41 Å². The van der Waals surface area contributed by atoms with Crippen molar-refractivity contribution in [2.75, 3.05) is 19.8 Å². The number of hydrogen-bond donors (Lipinski definition) is 2. The van der Waals surface area contributed by atoms with E-state index < -0.39 is 11.4 Å². The predicted octanol–water partition coefficient (Wildman–Crippen LogP) is 1.95. The van der Waals surface area contributed by atoms with E-state index in [2.05, 4.69) is 12.2 Å². The molecule has 0 unspecified atom stereocenters. The Kier molecular flexibility index (Phi) is 6.84. The Morgan fingerprint density at radius 1 is 1.26 bits per heavy atom. The summed E-state index contributed by atoms with van der Waals surface area (Å²) in [5, 5.41) is 12.1. The molecule has 0 heterocycles. The summed E-state index contributed by atoms with van der Waals surface area (Å²) < 4.78 is 5.21. The minimum absolute atomic E-state index is 0.0235. The van der Waals surface area contributed by atoms with Crippen molar-refractivity contribution in [1.29, 1.82) is 0 Å². The number of rotatable bonds is 8. The van der Waals surface area contributed by atoms with Gasteiger partial charge in [-0.3, -0.25) is 9.59 Å². The zero-order valence-electron chi connectivity index (χ0n) is 11.7. The monoisotopic (exact) mass is 271 g/mol. The maximum Gasteiger partial charge on any atom is 0.311 e. The fraction of sp³-hybridized carbons (Fsp3) is 0.857. The largest absolute Gasteiger partial charge is 0.481 e. The average molecular weight is 271 g/mol. The third kappa shape index (κ3) is 5.19. The first kappa shape index (κ1) is 16.0. The molecule has 0 spiro atoms. The van der Waals surface area contributed by atoms with E-state index >= 15 is 0 Å². The Balaban J connectivity index is 2.31. The smallest absolute Gasteiger partial charge is 0.311 e. The van der Waals surface area contributed by atoms with Crippen LogP contribution in [0.5, 0.6) is 0 Å². The molecule has 1 fully saturated rings. The molecule has 2 N–H and O–H groups in total. The van der Waals surface area contributed by atoms with Crippen molar-refractivity contribution in [3.05, 3.63) is 0 Å². The summed E-state index contributed by atoms with van der Waals surface area (Å²) in [6, 6.07) is 0. The Hall–Kier alpha value is -1.10.